The monoisotopic (exact) mass is 332 g/mol. The van der Waals surface area contributed by atoms with Gasteiger partial charge in [-0.25, -0.2) is 0 Å². The fourth-order valence-corrected chi connectivity index (χ4v) is 3.28. The average Bonchev–Trinajstić information content (AvgIpc) is 3.02. The largest absolute Gasteiger partial charge is 0.497 e. The van der Waals surface area contributed by atoms with Crippen molar-refractivity contribution in [2.75, 3.05) is 19.0 Å². The summed E-state index contributed by atoms with van der Waals surface area (Å²) in [6, 6.07) is 7.13. The van der Waals surface area contributed by atoms with E-state index in [1.165, 1.54) is 11.3 Å². The van der Waals surface area contributed by atoms with Crippen LogP contribution in [0.4, 0.5) is 5.00 Å². The number of thiophene rings is 1. The fraction of sp³-hybridized carbons (Fsp3) is 0.250. The van der Waals surface area contributed by atoms with Crippen LogP contribution in [0.2, 0.25) is 0 Å². The van der Waals surface area contributed by atoms with Gasteiger partial charge < -0.3 is 20.5 Å². The lowest BCUT2D eigenvalue weighted by Gasteiger charge is -2.24. The molecule has 1 aliphatic rings. The number of fused-ring (bicyclic) bond motifs is 1. The van der Waals surface area contributed by atoms with Crippen LogP contribution in [0.5, 0.6) is 11.5 Å². The van der Waals surface area contributed by atoms with Crippen molar-refractivity contribution in [1.29, 1.82) is 0 Å². The first-order valence-electron chi connectivity index (χ1n) is 7.06. The van der Waals surface area contributed by atoms with Crippen LogP contribution in [-0.2, 0) is 11.2 Å². The first kappa shape index (κ1) is 15.4. The Labute approximate surface area is 137 Å². The van der Waals surface area contributed by atoms with Crippen LogP contribution in [0.25, 0.3) is 0 Å². The highest BCUT2D eigenvalue weighted by molar-refractivity contribution is 7.14. The number of methoxy groups -OCH3 is 1. The molecule has 2 heterocycles. The molecule has 0 aliphatic carbocycles. The predicted molar refractivity (Wildman–Crippen MR) is 87.1 cm³/mol. The molecule has 0 fully saturated rings. The van der Waals surface area contributed by atoms with E-state index in [1.807, 2.05) is 18.2 Å². The zero-order chi connectivity index (χ0) is 16.4. The van der Waals surface area contributed by atoms with Crippen LogP contribution in [-0.4, -0.2) is 25.5 Å². The van der Waals surface area contributed by atoms with Crippen molar-refractivity contribution in [2.45, 2.75) is 6.42 Å². The highest BCUT2D eigenvalue weighted by Crippen LogP contribution is 2.31. The van der Waals surface area contributed by atoms with Crippen LogP contribution < -0.4 is 20.5 Å². The van der Waals surface area contributed by atoms with Crippen LogP contribution in [0.15, 0.2) is 29.6 Å². The van der Waals surface area contributed by atoms with Gasteiger partial charge in [-0.05, 0) is 41.6 Å². The molecule has 0 radical (unpaired) electrons. The molecule has 120 valence electrons. The Balaban J connectivity index is 1.74. The van der Waals surface area contributed by atoms with Gasteiger partial charge in [0.2, 0.25) is 5.91 Å². The molecule has 1 aliphatic heterocycles. The number of nitrogens with one attached hydrogen (secondary N) is 1. The minimum absolute atomic E-state index is 0.191. The minimum Gasteiger partial charge on any atom is -0.497 e. The van der Waals surface area contributed by atoms with Gasteiger partial charge >= 0.3 is 0 Å². The van der Waals surface area contributed by atoms with E-state index in [0.717, 1.165) is 17.1 Å². The summed E-state index contributed by atoms with van der Waals surface area (Å²) in [5.41, 5.74) is 6.54. The van der Waals surface area contributed by atoms with Crippen molar-refractivity contribution in [1.82, 2.24) is 0 Å². The predicted octanol–water partition coefficient (Wildman–Crippen LogP) is 2.05. The summed E-state index contributed by atoms with van der Waals surface area (Å²) in [4.78, 5) is 23.8. The van der Waals surface area contributed by atoms with Gasteiger partial charge in [-0.15, -0.1) is 11.3 Å². The maximum absolute atomic E-state index is 12.4. The zero-order valence-corrected chi connectivity index (χ0v) is 13.3. The Morgan fingerprint density at radius 3 is 2.96 bits per heavy atom. The third-order valence-electron chi connectivity index (χ3n) is 3.71. The molecule has 1 atom stereocenters. The van der Waals surface area contributed by atoms with Crippen molar-refractivity contribution in [3.8, 4) is 11.5 Å². The molecule has 0 saturated heterocycles. The minimum atomic E-state index is -0.559. The Hall–Kier alpha value is -2.54. The second-order valence-corrected chi connectivity index (χ2v) is 6.12. The van der Waals surface area contributed by atoms with E-state index in [9.17, 15) is 9.59 Å². The number of amides is 2. The summed E-state index contributed by atoms with van der Waals surface area (Å²) >= 11 is 1.27. The van der Waals surface area contributed by atoms with E-state index in [-0.39, 0.29) is 11.8 Å². The number of carbonyl (C=O) groups excluding carboxylic acids is 2. The molecule has 7 heteroatoms. The van der Waals surface area contributed by atoms with Crippen LogP contribution in [0, 0.1) is 5.92 Å². The number of benzene rings is 1. The van der Waals surface area contributed by atoms with Crippen LogP contribution in [0.1, 0.15) is 15.9 Å². The van der Waals surface area contributed by atoms with Gasteiger partial charge in [0, 0.05) is 0 Å². The molecular formula is C16H16N2O4S. The molecule has 0 bridgehead atoms. The molecule has 2 amide bonds. The van der Waals surface area contributed by atoms with E-state index in [1.54, 1.807) is 18.6 Å². The molecule has 1 unspecified atom stereocenters. The number of primary amides is 1. The SMILES string of the molecule is COc1ccc2c(c1)CC(C(=O)Nc1sccc1C(N)=O)CO2. The number of hydrogen-bond donors (Lipinski definition) is 2. The molecule has 0 saturated carbocycles. The Kier molecular flexibility index (Phi) is 4.20. The number of carbonyl (C=O) groups is 2. The molecule has 23 heavy (non-hydrogen) atoms. The van der Waals surface area contributed by atoms with E-state index in [2.05, 4.69) is 5.32 Å². The maximum Gasteiger partial charge on any atom is 0.251 e. The van der Waals surface area contributed by atoms with Crippen molar-refractivity contribution in [3.63, 3.8) is 0 Å². The molecule has 3 N–H and O–H groups in total. The zero-order valence-electron chi connectivity index (χ0n) is 12.5. The smallest absolute Gasteiger partial charge is 0.251 e. The Morgan fingerprint density at radius 1 is 1.39 bits per heavy atom. The van der Waals surface area contributed by atoms with Gasteiger partial charge in [-0.2, -0.15) is 0 Å². The normalized spacial score (nSPS) is 16.1. The lowest BCUT2D eigenvalue weighted by atomic mass is 9.96. The maximum atomic E-state index is 12.4. The van der Waals surface area contributed by atoms with Crippen LogP contribution >= 0.6 is 11.3 Å². The number of hydrogen-bond acceptors (Lipinski definition) is 5. The van der Waals surface area contributed by atoms with Gasteiger partial charge in [0.05, 0.1) is 18.6 Å². The number of nitrogens with two attached hydrogens (primary N) is 1. The summed E-state index contributed by atoms with van der Waals surface area (Å²) in [5, 5.41) is 4.96. The first-order valence-corrected chi connectivity index (χ1v) is 7.94. The molecule has 2 aromatic rings. The van der Waals surface area contributed by atoms with E-state index < -0.39 is 5.91 Å². The molecule has 6 nitrogen and oxygen atoms in total. The summed E-state index contributed by atoms with van der Waals surface area (Å²) in [7, 11) is 1.59. The lowest BCUT2D eigenvalue weighted by Crippen LogP contribution is -2.32. The van der Waals surface area contributed by atoms with Gasteiger partial charge in [0.1, 0.15) is 23.1 Å². The fourth-order valence-electron chi connectivity index (χ4n) is 2.48. The van der Waals surface area contributed by atoms with Crippen molar-refractivity contribution >= 4 is 28.2 Å². The van der Waals surface area contributed by atoms with E-state index in [4.69, 9.17) is 15.2 Å². The van der Waals surface area contributed by atoms with Crippen molar-refractivity contribution in [2.24, 2.45) is 11.7 Å². The number of rotatable bonds is 4. The third-order valence-corrected chi connectivity index (χ3v) is 4.54. The highest BCUT2D eigenvalue weighted by Gasteiger charge is 2.27. The lowest BCUT2D eigenvalue weighted by molar-refractivity contribution is -0.121. The second-order valence-electron chi connectivity index (χ2n) is 5.20. The van der Waals surface area contributed by atoms with Gasteiger partial charge in [-0.1, -0.05) is 0 Å². The summed E-state index contributed by atoms with van der Waals surface area (Å²) in [6.45, 7) is 0.294. The molecular weight excluding hydrogens is 316 g/mol. The van der Waals surface area contributed by atoms with Crippen molar-refractivity contribution < 1.29 is 19.1 Å². The topological polar surface area (TPSA) is 90.6 Å². The molecule has 3 rings (SSSR count). The Morgan fingerprint density at radius 2 is 2.22 bits per heavy atom. The quantitative estimate of drug-likeness (QED) is 0.896. The molecule has 0 spiro atoms. The molecule has 1 aromatic heterocycles. The summed E-state index contributed by atoms with van der Waals surface area (Å²) in [6.07, 6.45) is 0.551. The molecule has 1 aromatic carbocycles. The average molecular weight is 332 g/mol. The van der Waals surface area contributed by atoms with Gasteiger partial charge in [0.15, 0.2) is 0 Å². The van der Waals surface area contributed by atoms with E-state index in [0.29, 0.717) is 23.6 Å². The first-order chi connectivity index (χ1) is 11.1. The van der Waals surface area contributed by atoms with Gasteiger partial charge in [-0.3, -0.25) is 9.59 Å². The third kappa shape index (κ3) is 3.14. The number of ether oxygens (including phenoxy) is 2. The Bertz CT molecular complexity index is 756. The summed E-state index contributed by atoms with van der Waals surface area (Å²) in [5.74, 6) is 0.406. The second kappa shape index (κ2) is 6.29. The van der Waals surface area contributed by atoms with Crippen LogP contribution in [0.3, 0.4) is 0 Å². The van der Waals surface area contributed by atoms with Crippen molar-refractivity contribution in [3.05, 3.63) is 40.8 Å². The highest BCUT2D eigenvalue weighted by atomic mass is 32.1. The number of anilines is 1. The van der Waals surface area contributed by atoms with E-state index >= 15 is 0 Å². The van der Waals surface area contributed by atoms with Gasteiger partial charge in [0.25, 0.3) is 5.91 Å². The summed E-state index contributed by atoms with van der Waals surface area (Å²) < 4.78 is 10.8. The standard InChI is InChI=1S/C16H16N2O4S/c1-21-11-2-3-13-9(7-11)6-10(8-22-13)15(20)18-16-12(14(17)19)4-5-23-16/h2-5,7,10H,6,8H2,1H3,(H2,17,19)(H,18,20).